The summed E-state index contributed by atoms with van der Waals surface area (Å²) in [4.78, 5) is 0. The van der Waals surface area contributed by atoms with Crippen molar-refractivity contribution in [1.29, 1.82) is 0 Å². The van der Waals surface area contributed by atoms with E-state index in [4.69, 9.17) is 0 Å². The molecule has 6 aromatic rings. The van der Waals surface area contributed by atoms with Crippen molar-refractivity contribution in [2.75, 3.05) is 0 Å². The Hall–Kier alpha value is -4.68. The molecule has 0 saturated heterocycles. The number of hydrogen-bond acceptors (Lipinski definition) is 0. The van der Waals surface area contributed by atoms with Gasteiger partial charge in [0.15, 0.2) is 0 Å². The molecule has 6 aromatic carbocycles. The standard InChI is InChI=1S/C38H29/c1-4-16-29(17-5-1)33-23-11-10-22-32(33)28-38(36-26-14-12-24-34(36)30-18-6-2-7-19-30)37-27-15-13-25-35(37)31-20-8-3-9-21-31/h1-27H,28H2. The predicted octanol–water partition coefficient (Wildman–Crippen LogP) is 9.90. The molecule has 181 valence electrons. The molecule has 0 aliphatic heterocycles. The van der Waals surface area contributed by atoms with Crippen LogP contribution in [0.2, 0.25) is 0 Å². The Morgan fingerprint density at radius 1 is 0.316 bits per heavy atom. The minimum absolute atomic E-state index is 0.818. The van der Waals surface area contributed by atoms with Crippen LogP contribution >= 0.6 is 0 Å². The molecule has 0 aromatic heterocycles. The third-order valence-corrected chi connectivity index (χ3v) is 7.14. The second-order valence-corrected chi connectivity index (χ2v) is 9.50. The van der Waals surface area contributed by atoms with E-state index >= 15 is 0 Å². The minimum Gasteiger partial charge on any atom is -0.0622 e. The molecule has 0 atom stereocenters. The molecule has 0 heterocycles. The lowest BCUT2D eigenvalue weighted by Crippen LogP contribution is -2.10. The summed E-state index contributed by atoms with van der Waals surface area (Å²) in [6.45, 7) is 0. The topological polar surface area (TPSA) is 0 Å². The second kappa shape index (κ2) is 11.2. The average Bonchev–Trinajstić information content (AvgIpc) is 3.01. The maximum absolute atomic E-state index is 2.28. The molecule has 0 spiro atoms. The lowest BCUT2D eigenvalue weighted by atomic mass is 9.78. The van der Waals surface area contributed by atoms with Crippen LogP contribution in [0.15, 0.2) is 164 Å². The van der Waals surface area contributed by atoms with Gasteiger partial charge in [-0.15, -0.1) is 0 Å². The van der Waals surface area contributed by atoms with Crippen LogP contribution in [0.4, 0.5) is 0 Å². The summed E-state index contributed by atoms with van der Waals surface area (Å²) in [5, 5.41) is 0. The number of hydrogen-bond donors (Lipinski definition) is 0. The fraction of sp³-hybridized carbons (Fsp3) is 0.0263. The fourth-order valence-electron chi connectivity index (χ4n) is 5.33. The second-order valence-electron chi connectivity index (χ2n) is 9.50. The first kappa shape index (κ1) is 23.7. The molecule has 0 amide bonds. The normalized spacial score (nSPS) is 11.0. The zero-order valence-electron chi connectivity index (χ0n) is 21.3. The highest BCUT2D eigenvalue weighted by Crippen LogP contribution is 2.40. The summed E-state index contributed by atoms with van der Waals surface area (Å²) in [6, 6.07) is 58.7. The van der Waals surface area contributed by atoms with Gasteiger partial charge >= 0.3 is 0 Å². The lowest BCUT2D eigenvalue weighted by Gasteiger charge is -2.25. The Labute approximate surface area is 225 Å². The van der Waals surface area contributed by atoms with Crippen molar-refractivity contribution in [2.24, 2.45) is 0 Å². The summed E-state index contributed by atoms with van der Waals surface area (Å²) >= 11 is 0. The first-order valence-corrected chi connectivity index (χ1v) is 13.2. The van der Waals surface area contributed by atoms with Gasteiger partial charge in [-0.25, -0.2) is 0 Å². The van der Waals surface area contributed by atoms with Crippen molar-refractivity contribution >= 4 is 0 Å². The minimum atomic E-state index is 0.818. The summed E-state index contributed by atoms with van der Waals surface area (Å²) in [7, 11) is 0. The average molecular weight is 486 g/mol. The summed E-state index contributed by atoms with van der Waals surface area (Å²) in [6.07, 6.45) is 0.818. The van der Waals surface area contributed by atoms with Gasteiger partial charge in [-0.1, -0.05) is 164 Å². The Morgan fingerprint density at radius 3 is 1.13 bits per heavy atom. The van der Waals surface area contributed by atoms with E-state index < -0.39 is 0 Å². The van der Waals surface area contributed by atoms with Crippen LogP contribution < -0.4 is 0 Å². The highest BCUT2D eigenvalue weighted by Gasteiger charge is 2.24. The van der Waals surface area contributed by atoms with Gasteiger partial charge in [0.1, 0.15) is 0 Å². The van der Waals surface area contributed by atoms with Crippen molar-refractivity contribution in [1.82, 2.24) is 0 Å². The highest BCUT2D eigenvalue weighted by molar-refractivity contribution is 5.78. The third-order valence-electron chi connectivity index (χ3n) is 7.14. The maximum atomic E-state index is 2.28. The van der Waals surface area contributed by atoms with Gasteiger partial charge < -0.3 is 0 Å². The van der Waals surface area contributed by atoms with Crippen molar-refractivity contribution in [3.8, 4) is 33.4 Å². The molecule has 1 radical (unpaired) electrons. The van der Waals surface area contributed by atoms with Gasteiger partial charge in [0.05, 0.1) is 0 Å². The Kier molecular flexibility index (Phi) is 6.96. The van der Waals surface area contributed by atoms with Crippen molar-refractivity contribution in [3.63, 3.8) is 0 Å². The zero-order chi connectivity index (χ0) is 25.6. The molecular formula is C38H29. The van der Waals surface area contributed by atoms with Crippen LogP contribution in [0, 0.1) is 5.92 Å². The smallest absolute Gasteiger partial charge is 0.0396 e. The van der Waals surface area contributed by atoms with E-state index in [0.717, 1.165) is 6.42 Å². The molecule has 6 rings (SSSR count). The van der Waals surface area contributed by atoms with Crippen molar-refractivity contribution in [3.05, 3.63) is 186 Å². The first-order valence-electron chi connectivity index (χ1n) is 13.2. The molecular weight excluding hydrogens is 456 g/mol. The van der Waals surface area contributed by atoms with Crippen LogP contribution in [0.5, 0.6) is 0 Å². The van der Waals surface area contributed by atoms with E-state index in [0.29, 0.717) is 0 Å². The van der Waals surface area contributed by atoms with Gasteiger partial charge in [0.2, 0.25) is 0 Å². The Morgan fingerprint density at radius 2 is 0.658 bits per heavy atom. The summed E-state index contributed by atoms with van der Waals surface area (Å²) < 4.78 is 0. The van der Waals surface area contributed by atoms with Crippen LogP contribution in [-0.4, -0.2) is 0 Å². The van der Waals surface area contributed by atoms with Gasteiger partial charge in [0, 0.05) is 5.92 Å². The lowest BCUT2D eigenvalue weighted by molar-refractivity contribution is 1.03. The molecule has 38 heavy (non-hydrogen) atoms. The summed E-state index contributed by atoms with van der Waals surface area (Å²) in [5.41, 5.74) is 11.3. The van der Waals surface area contributed by atoms with E-state index in [1.165, 1.54) is 56.0 Å². The Balaban J connectivity index is 1.56. The largest absolute Gasteiger partial charge is 0.0622 e. The predicted molar refractivity (Wildman–Crippen MR) is 161 cm³/mol. The third kappa shape index (κ3) is 4.94. The van der Waals surface area contributed by atoms with Gasteiger partial charge in [-0.3, -0.25) is 0 Å². The van der Waals surface area contributed by atoms with Gasteiger partial charge in [-0.2, -0.15) is 0 Å². The van der Waals surface area contributed by atoms with Crippen LogP contribution in [0.25, 0.3) is 33.4 Å². The van der Waals surface area contributed by atoms with Gasteiger partial charge in [0.25, 0.3) is 0 Å². The SMILES string of the molecule is c1ccc(-c2ccccc2C[C](c2ccccc2-c2ccccc2)c2ccccc2-c2ccccc2)cc1. The highest BCUT2D eigenvalue weighted by atomic mass is 14.3. The van der Waals surface area contributed by atoms with Crippen molar-refractivity contribution in [2.45, 2.75) is 6.42 Å². The van der Waals surface area contributed by atoms with Crippen molar-refractivity contribution < 1.29 is 0 Å². The van der Waals surface area contributed by atoms with E-state index in [1.807, 2.05) is 0 Å². The molecule has 0 aliphatic carbocycles. The van der Waals surface area contributed by atoms with Gasteiger partial charge in [-0.05, 0) is 56.5 Å². The molecule has 0 heteroatoms. The Bertz CT molecular complexity index is 1530. The maximum Gasteiger partial charge on any atom is 0.0396 e. The van der Waals surface area contributed by atoms with E-state index in [9.17, 15) is 0 Å². The first-order chi connectivity index (χ1) is 18.9. The molecule has 0 nitrogen and oxygen atoms in total. The fourth-order valence-corrected chi connectivity index (χ4v) is 5.33. The van der Waals surface area contributed by atoms with Crippen LogP contribution in [-0.2, 0) is 6.42 Å². The molecule has 0 fully saturated rings. The number of rotatable bonds is 7. The van der Waals surface area contributed by atoms with Crippen LogP contribution in [0.1, 0.15) is 16.7 Å². The number of benzene rings is 6. The molecule has 0 N–H and O–H groups in total. The molecule has 0 bridgehead atoms. The van der Waals surface area contributed by atoms with Crippen LogP contribution in [0.3, 0.4) is 0 Å². The van der Waals surface area contributed by atoms with E-state index in [2.05, 4.69) is 164 Å². The quantitative estimate of drug-likeness (QED) is 0.211. The van der Waals surface area contributed by atoms with E-state index in [-0.39, 0.29) is 0 Å². The molecule has 0 unspecified atom stereocenters. The molecule has 0 aliphatic rings. The zero-order valence-corrected chi connectivity index (χ0v) is 21.3. The van der Waals surface area contributed by atoms with E-state index in [1.54, 1.807) is 0 Å². The monoisotopic (exact) mass is 485 g/mol. The molecule has 0 saturated carbocycles. The summed E-state index contributed by atoms with van der Waals surface area (Å²) in [5.74, 6) is 1.33.